The SMILES string of the molecule is CCCCOc1ccc(N2C(=O)NC(=O)/C(=C/c3ccccc3OCc3ccccc3Br)C2=O)cc1. The zero-order valence-corrected chi connectivity index (χ0v) is 21.3. The van der Waals surface area contributed by atoms with E-state index in [0.29, 0.717) is 36.0 Å². The molecule has 0 aromatic heterocycles. The third kappa shape index (κ3) is 5.83. The molecule has 3 aromatic rings. The van der Waals surface area contributed by atoms with Gasteiger partial charge in [-0.15, -0.1) is 0 Å². The summed E-state index contributed by atoms with van der Waals surface area (Å²) in [6.45, 7) is 2.95. The second-order valence-electron chi connectivity index (χ2n) is 8.07. The van der Waals surface area contributed by atoms with Crippen LogP contribution in [-0.2, 0) is 16.2 Å². The third-order valence-corrected chi connectivity index (χ3v) is 6.30. The van der Waals surface area contributed by atoms with Crippen molar-refractivity contribution in [1.29, 1.82) is 0 Å². The number of anilines is 1. The van der Waals surface area contributed by atoms with Gasteiger partial charge in [-0.25, -0.2) is 9.69 Å². The Bertz CT molecular complexity index is 1300. The van der Waals surface area contributed by atoms with E-state index in [-0.39, 0.29) is 5.57 Å². The summed E-state index contributed by atoms with van der Waals surface area (Å²) in [7, 11) is 0. The van der Waals surface area contributed by atoms with Crippen molar-refractivity contribution in [2.45, 2.75) is 26.4 Å². The smallest absolute Gasteiger partial charge is 0.335 e. The van der Waals surface area contributed by atoms with Gasteiger partial charge < -0.3 is 9.47 Å². The van der Waals surface area contributed by atoms with E-state index in [9.17, 15) is 14.4 Å². The Hall–Kier alpha value is -3.91. The summed E-state index contributed by atoms with van der Waals surface area (Å²) in [5.74, 6) is -0.344. The maximum Gasteiger partial charge on any atom is 0.335 e. The first-order chi connectivity index (χ1) is 17.5. The number of barbiturate groups is 1. The predicted molar refractivity (Wildman–Crippen MR) is 141 cm³/mol. The van der Waals surface area contributed by atoms with Crippen LogP contribution in [0.15, 0.2) is 82.8 Å². The molecule has 1 aliphatic heterocycles. The second-order valence-corrected chi connectivity index (χ2v) is 8.93. The molecule has 0 spiro atoms. The minimum Gasteiger partial charge on any atom is -0.494 e. The second kappa shape index (κ2) is 11.7. The third-order valence-electron chi connectivity index (χ3n) is 5.52. The Morgan fingerprint density at radius 2 is 1.64 bits per heavy atom. The fourth-order valence-corrected chi connectivity index (χ4v) is 3.97. The molecule has 4 rings (SSSR count). The molecule has 1 heterocycles. The van der Waals surface area contributed by atoms with Crippen molar-refractivity contribution in [2.75, 3.05) is 11.5 Å². The van der Waals surface area contributed by atoms with Gasteiger partial charge in [-0.1, -0.05) is 65.7 Å². The van der Waals surface area contributed by atoms with Gasteiger partial charge in [0.25, 0.3) is 11.8 Å². The fraction of sp³-hybridized carbons (Fsp3) is 0.179. The van der Waals surface area contributed by atoms with Gasteiger partial charge >= 0.3 is 6.03 Å². The summed E-state index contributed by atoms with van der Waals surface area (Å²) in [4.78, 5) is 39.4. The van der Waals surface area contributed by atoms with Crippen molar-refractivity contribution in [1.82, 2.24) is 5.32 Å². The first-order valence-electron chi connectivity index (χ1n) is 11.6. The van der Waals surface area contributed by atoms with E-state index in [2.05, 4.69) is 28.2 Å². The van der Waals surface area contributed by atoms with Gasteiger partial charge in [0.2, 0.25) is 0 Å². The predicted octanol–water partition coefficient (Wildman–Crippen LogP) is 5.87. The van der Waals surface area contributed by atoms with E-state index in [0.717, 1.165) is 27.8 Å². The zero-order valence-electron chi connectivity index (χ0n) is 19.7. The number of halogens is 1. The van der Waals surface area contributed by atoms with Crippen molar-refractivity contribution in [3.05, 3.63) is 94.0 Å². The largest absolute Gasteiger partial charge is 0.494 e. The molecule has 0 aliphatic carbocycles. The molecule has 0 saturated carbocycles. The molecular formula is C28H25BrN2O5. The van der Waals surface area contributed by atoms with Crippen LogP contribution in [0.3, 0.4) is 0 Å². The molecule has 0 atom stereocenters. The van der Waals surface area contributed by atoms with Crippen molar-refractivity contribution >= 4 is 45.5 Å². The highest BCUT2D eigenvalue weighted by molar-refractivity contribution is 9.10. The number of nitrogens with zero attached hydrogens (tertiary/aromatic N) is 1. The first-order valence-corrected chi connectivity index (χ1v) is 12.4. The van der Waals surface area contributed by atoms with Crippen LogP contribution in [0.5, 0.6) is 11.5 Å². The molecule has 0 unspecified atom stereocenters. The standard InChI is InChI=1S/C28H25BrN2O5/c1-2-3-16-35-22-14-12-21(13-15-22)31-27(33)23(26(32)30-28(31)34)17-19-8-5-7-11-25(19)36-18-20-9-4-6-10-24(20)29/h4-15,17H,2-3,16,18H2,1H3,(H,30,32,34)/b23-17-. The number of unbranched alkanes of at least 4 members (excludes halogenated alkanes) is 1. The number of benzene rings is 3. The lowest BCUT2D eigenvalue weighted by Crippen LogP contribution is -2.54. The molecular weight excluding hydrogens is 524 g/mol. The molecule has 8 heteroatoms. The Morgan fingerprint density at radius 3 is 2.39 bits per heavy atom. The van der Waals surface area contributed by atoms with Crippen LogP contribution in [-0.4, -0.2) is 24.5 Å². The molecule has 4 amide bonds. The van der Waals surface area contributed by atoms with E-state index in [4.69, 9.17) is 9.47 Å². The van der Waals surface area contributed by atoms with Gasteiger partial charge in [0, 0.05) is 15.6 Å². The lowest BCUT2D eigenvalue weighted by molar-refractivity contribution is -0.122. The summed E-state index contributed by atoms with van der Waals surface area (Å²) < 4.78 is 12.6. The van der Waals surface area contributed by atoms with Crippen LogP contribution in [0.25, 0.3) is 6.08 Å². The number of ether oxygens (including phenoxy) is 2. The van der Waals surface area contributed by atoms with Crippen molar-refractivity contribution in [2.24, 2.45) is 0 Å². The van der Waals surface area contributed by atoms with Crippen LogP contribution in [0.2, 0.25) is 0 Å². The number of para-hydroxylation sites is 1. The van der Waals surface area contributed by atoms with Gasteiger partial charge in [0.1, 0.15) is 23.7 Å². The summed E-state index contributed by atoms with van der Waals surface area (Å²) in [6, 6.07) is 20.6. The molecule has 36 heavy (non-hydrogen) atoms. The average Bonchev–Trinajstić information content (AvgIpc) is 2.87. The lowest BCUT2D eigenvalue weighted by atomic mass is 10.1. The van der Waals surface area contributed by atoms with Gasteiger partial charge in [0.05, 0.1) is 12.3 Å². The molecule has 0 bridgehead atoms. The number of urea groups is 1. The Balaban J connectivity index is 1.57. The number of hydrogen-bond donors (Lipinski definition) is 1. The molecule has 3 aromatic carbocycles. The molecule has 7 nitrogen and oxygen atoms in total. The zero-order chi connectivity index (χ0) is 25.5. The van der Waals surface area contributed by atoms with E-state index < -0.39 is 17.8 Å². The normalized spacial score (nSPS) is 14.7. The van der Waals surface area contributed by atoms with E-state index in [1.165, 1.54) is 6.08 Å². The van der Waals surface area contributed by atoms with Gasteiger partial charge in [-0.3, -0.25) is 14.9 Å². The topological polar surface area (TPSA) is 84.9 Å². The van der Waals surface area contributed by atoms with Crippen molar-refractivity contribution in [3.63, 3.8) is 0 Å². The Kier molecular flexibility index (Phi) is 8.17. The quantitative estimate of drug-likeness (QED) is 0.205. The Labute approximate surface area is 217 Å². The van der Waals surface area contributed by atoms with Crippen LogP contribution in [0, 0.1) is 0 Å². The highest BCUT2D eigenvalue weighted by atomic mass is 79.9. The number of rotatable bonds is 9. The van der Waals surface area contributed by atoms with Gasteiger partial charge in [0.15, 0.2) is 0 Å². The molecule has 1 saturated heterocycles. The van der Waals surface area contributed by atoms with E-state index >= 15 is 0 Å². The number of nitrogens with one attached hydrogen (secondary N) is 1. The van der Waals surface area contributed by atoms with Gasteiger partial charge in [-0.2, -0.15) is 0 Å². The average molecular weight is 549 g/mol. The van der Waals surface area contributed by atoms with Crippen molar-refractivity contribution in [3.8, 4) is 11.5 Å². The summed E-state index contributed by atoms with van der Waals surface area (Å²) in [5, 5.41) is 2.25. The molecule has 1 aliphatic rings. The minimum absolute atomic E-state index is 0.171. The molecule has 1 fully saturated rings. The Morgan fingerprint density at radius 1 is 0.917 bits per heavy atom. The summed E-state index contributed by atoms with van der Waals surface area (Å²) >= 11 is 3.50. The number of hydrogen-bond acceptors (Lipinski definition) is 5. The van der Waals surface area contributed by atoms with Crippen molar-refractivity contribution < 1.29 is 23.9 Å². The fourth-order valence-electron chi connectivity index (χ4n) is 3.58. The van der Waals surface area contributed by atoms with Gasteiger partial charge in [-0.05, 0) is 48.9 Å². The molecule has 0 radical (unpaired) electrons. The highest BCUT2D eigenvalue weighted by Gasteiger charge is 2.37. The lowest BCUT2D eigenvalue weighted by Gasteiger charge is -2.26. The van der Waals surface area contributed by atoms with Crippen LogP contribution in [0.1, 0.15) is 30.9 Å². The maximum absolute atomic E-state index is 13.3. The highest BCUT2D eigenvalue weighted by Crippen LogP contribution is 2.28. The maximum atomic E-state index is 13.3. The molecule has 184 valence electrons. The van der Waals surface area contributed by atoms with Crippen LogP contribution in [0.4, 0.5) is 10.5 Å². The first kappa shape index (κ1) is 25.2. The number of imide groups is 2. The summed E-state index contributed by atoms with van der Waals surface area (Å²) in [5.41, 5.74) is 1.65. The van der Waals surface area contributed by atoms with E-state index in [1.54, 1.807) is 48.5 Å². The number of carbonyl (C=O) groups is 3. The number of amides is 4. The van der Waals surface area contributed by atoms with Crippen LogP contribution >= 0.6 is 15.9 Å². The minimum atomic E-state index is -0.805. The van der Waals surface area contributed by atoms with E-state index in [1.807, 2.05) is 24.3 Å². The van der Waals surface area contributed by atoms with Crippen LogP contribution < -0.4 is 19.7 Å². The monoisotopic (exact) mass is 548 g/mol. The molecule has 1 N–H and O–H groups in total. The summed E-state index contributed by atoms with van der Waals surface area (Å²) in [6.07, 6.45) is 3.38. The number of carbonyl (C=O) groups excluding carboxylic acids is 3.